The number of pyridine rings is 1. The number of carbonyl (C=O) groups excluding carboxylic acids is 1. The van der Waals surface area contributed by atoms with Crippen LogP contribution in [0.3, 0.4) is 0 Å². The van der Waals surface area contributed by atoms with Crippen LogP contribution in [-0.2, 0) is 13.1 Å². The van der Waals surface area contributed by atoms with Gasteiger partial charge in [0.2, 0.25) is 0 Å². The highest BCUT2D eigenvalue weighted by Crippen LogP contribution is 2.24. The summed E-state index contributed by atoms with van der Waals surface area (Å²) < 4.78 is 0. The van der Waals surface area contributed by atoms with E-state index in [9.17, 15) is 4.79 Å². The lowest BCUT2D eigenvalue weighted by Crippen LogP contribution is -2.36. The van der Waals surface area contributed by atoms with Gasteiger partial charge in [-0.2, -0.15) is 0 Å². The van der Waals surface area contributed by atoms with E-state index in [0.29, 0.717) is 34.4 Å². The highest BCUT2D eigenvalue weighted by Gasteiger charge is 2.20. The molecule has 4 nitrogen and oxygen atoms in total. The van der Waals surface area contributed by atoms with Crippen molar-refractivity contribution in [2.75, 3.05) is 0 Å². The SMILES string of the molecule is CC(C)N(Cc1ccc(Cl)c(Cl)c1)C(=O)c1ccnc(CN)c1.Cl. The van der Waals surface area contributed by atoms with Crippen molar-refractivity contribution < 1.29 is 4.79 Å². The summed E-state index contributed by atoms with van der Waals surface area (Å²) in [5, 5.41) is 0.981. The standard InChI is InChI=1S/C17H19Cl2N3O.ClH/c1-11(2)22(10-12-3-4-15(18)16(19)7-12)17(23)13-5-6-21-14(8-13)9-20;/h3-8,11H,9-10,20H2,1-2H3;1H. The Kier molecular flexibility index (Phi) is 7.97. The maximum Gasteiger partial charge on any atom is 0.254 e. The molecule has 130 valence electrons. The lowest BCUT2D eigenvalue weighted by molar-refractivity contribution is 0.0690. The van der Waals surface area contributed by atoms with E-state index in [4.69, 9.17) is 28.9 Å². The number of rotatable bonds is 5. The molecule has 1 amide bonds. The molecule has 0 saturated heterocycles. The van der Waals surface area contributed by atoms with E-state index in [1.165, 1.54) is 0 Å². The van der Waals surface area contributed by atoms with Gasteiger partial charge in [-0.25, -0.2) is 0 Å². The van der Waals surface area contributed by atoms with Crippen LogP contribution in [0.4, 0.5) is 0 Å². The quantitative estimate of drug-likeness (QED) is 0.830. The maximum atomic E-state index is 12.8. The third-order valence-corrected chi connectivity index (χ3v) is 4.23. The van der Waals surface area contributed by atoms with Gasteiger partial charge in [0.05, 0.1) is 15.7 Å². The minimum Gasteiger partial charge on any atom is -0.332 e. The van der Waals surface area contributed by atoms with Gasteiger partial charge in [-0.15, -0.1) is 12.4 Å². The van der Waals surface area contributed by atoms with Crippen LogP contribution in [-0.4, -0.2) is 21.8 Å². The van der Waals surface area contributed by atoms with Crippen LogP contribution < -0.4 is 5.73 Å². The Labute approximate surface area is 158 Å². The summed E-state index contributed by atoms with van der Waals surface area (Å²) in [6, 6.07) is 8.85. The molecule has 0 fully saturated rings. The van der Waals surface area contributed by atoms with Crippen molar-refractivity contribution in [3.8, 4) is 0 Å². The Bertz CT molecular complexity index is 707. The third-order valence-electron chi connectivity index (χ3n) is 3.49. The fourth-order valence-electron chi connectivity index (χ4n) is 2.21. The molecule has 0 aliphatic heterocycles. The molecule has 0 atom stereocenters. The number of amides is 1. The minimum atomic E-state index is -0.0665. The van der Waals surface area contributed by atoms with E-state index >= 15 is 0 Å². The smallest absolute Gasteiger partial charge is 0.254 e. The van der Waals surface area contributed by atoms with Crippen molar-refractivity contribution in [3.63, 3.8) is 0 Å². The van der Waals surface area contributed by atoms with Gasteiger partial charge >= 0.3 is 0 Å². The summed E-state index contributed by atoms with van der Waals surface area (Å²) in [5.74, 6) is -0.0665. The van der Waals surface area contributed by atoms with Crippen LogP contribution in [0, 0.1) is 0 Å². The van der Waals surface area contributed by atoms with E-state index in [-0.39, 0.29) is 24.4 Å². The molecule has 1 aromatic carbocycles. The predicted molar refractivity (Wildman–Crippen MR) is 101 cm³/mol. The van der Waals surface area contributed by atoms with Gasteiger partial charge in [-0.1, -0.05) is 29.3 Å². The van der Waals surface area contributed by atoms with E-state index in [2.05, 4.69) is 4.98 Å². The normalized spacial score (nSPS) is 10.4. The molecule has 0 aliphatic carbocycles. The number of nitrogens with two attached hydrogens (primary N) is 1. The highest BCUT2D eigenvalue weighted by molar-refractivity contribution is 6.42. The van der Waals surface area contributed by atoms with Crippen LogP contribution >= 0.6 is 35.6 Å². The van der Waals surface area contributed by atoms with Gasteiger partial charge in [0.1, 0.15) is 0 Å². The van der Waals surface area contributed by atoms with Crippen LogP contribution in [0.25, 0.3) is 0 Å². The maximum absolute atomic E-state index is 12.8. The lowest BCUT2D eigenvalue weighted by atomic mass is 10.1. The molecule has 0 bridgehead atoms. The Morgan fingerprint density at radius 2 is 1.92 bits per heavy atom. The molecule has 1 heterocycles. The van der Waals surface area contributed by atoms with Crippen LogP contribution in [0.15, 0.2) is 36.5 Å². The molecule has 0 saturated carbocycles. The first-order chi connectivity index (χ1) is 10.9. The molecule has 0 spiro atoms. The average Bonchev–Trinajstić information content (AvgIpc) is 2.55. The van der Waals surface area contributed by atoms with Crippen molar-refractivity contribution in [2.45, 2.75) is 33.0 Å². The Hall–Kier alpha value is -1.33. The van der Waals surface area contributed by atoms with Crippen LogP contribution in [0.2, 0.25) is 10.0 Å². The average molecular weight is 389 g/mol. The topological polar surface area (TPSA) is 59.2 Å². The monoisotopic (exact) mass is 387 g/mol. The third kappa shape index (κ3) is 5.08. The van der Waals surface area contributed by atoms with Gasteiger partial charge in [0, 0.05) is 30.9 Å². The van der Waals surface area contributed by atoms with Gasteiger partial charge in [0.15, 0.2) is 0 Å². The van der Waals surface area contributed by atoms with Crippen molar-refractivity contribution in [3.05, 3.63) is 63.4 Å². The lowest BCUT2D eigenvalue weighted by Gasteiger charge is -2.27. The second-order valence-corrected chi connectivity index (χ2v) is 6.33. The Balaban J connectivity index is 0.00000288. The zero-order chi connectivity index (χ0) is 17.0. The first kappa shape index (κ1) is 20.7. The van der Waals surface area contributed by atoms with E-state index in [0.717, 1.165) is 5.56 Å². The molecule has 0 aliphatic rings. The number of halogens is 3. The molecule has 7 heteroatoms. The fraction of sp³-hybridized carbons (Fsp3) is 0.294. The number of benzene rings is 1. The largest absolute Gasteiger partial charge is 0.332 e. The molecule has 1 aromatic heterocycles. The number of hydrogen-bond donors (Lipinski definition) is 1. The predicted octanol–water partition coefficient (Wildman–Crippen LogP) is 4.32. The molecule has 2 aromatic rings. The number of hydrogen-bond acceptors (Lipinski definition) is 3. The zero-order valence-electron chi connectivity index (χ0n) is 13.5. The van der Waals surface area contributed by atoms with Gasteiger partial charge < -0.3 is 10.6 Å². The molecular weight excluding hydrogens is 369 g/mol. The summed E-state index contributed by atoms with van der Waals surface area (Å²) in [4.78, 5) is 18.7. The van der Waals surface area contributed by atoms with E-state index in [1.54, 1.807) is 35.4 Å². The molecule has 0 unspecified atom stereocenters. The Morgan fingerprint density at radius 1 is 1.21 bits per heavy atom. The summed E-state index contributed by atoms with van der Waals surface area (Å²) >= 11 is 12.0. The first-order valence-corrected chi connectivity index (χ1v) is 8.08. The van der Waals surface area contributed by atoms with E-state index < -0.39 is 0 Å². The fourth-order valence-corrected chi connectivity index (χ4v) is 2.53. The molecule has 24 heavy (non-hydrogen) atoms. The molecule has 0 radical (unpaired) electrons. The second-order valence-electron chi connectivity index (χ2n) is 5.52. The zero-order valence-corrected chi connectivity index (χ0v) is 15.8. The molecule has 2 N–H and O–H groups in total. The minimum absolute atomic E-state index is 0. The van der Waals surface area contributed by atoms with Gasteiger partial charge in [-0.3, -0.25) is 9.78 Å². The first-order valence-electron chi connectivity index (χ1n) is 7.32. The summed E-state index contributed by atoms with van der Waals surface area (Å²) in [7, 11) is 0. The van der Waals surface area contributed by atoms with Crippen molar-refractivity contribution >= 4 is 41.5 Å². The van der Waals surface area contributed by atoms with Gasteiger partial charge in [-0.05, 0) is 43.7 Å². The van der Waals surface area contributed by atoms with Crippen molar-refractivity contribution in [1.82, 2.24) is 9.88 Å². The summed E-state index contributed by atoms with van der Waals surface area (Å²) in [6.45, 7) is 4.70. The molecular formula is C17H20Cl3N3O. The highest BCUT2D eigenvalue weighted by atomic mass is 35.5. The van der Waals surface area contributed by atoms with Crippen LogP contribution in [0.1, 0.15) is 35.5 Å². The number of aromatic nitrogens is 1. The number of carbonyl (C=O) groups is 1. The van der Waals surface area contributed by atoms with Crippen LogP contribution in [0.5, 0.6) is 0 Å². The van der Waals surface area contributed by atoms with Crippen molar-refractivity contribution in [2.24, 2.45) is 5.73 Å². The van der Waals surface area contributed by atoms with Crippen molar-refractivity contribution in [1.29, 1.82) is 0 Å². The summed E-state index contributed by atoms with van der Waals surface area (Å²) in [5.41, 5.74) is 7.79. The Morgan fingerprint density at radius 3 is 2.50 bits per heavy atom. The summed E-state index contributed by atoms with van der Waals surface area (Å²) in [6.07, 6.45) is 1.60. The molecule has 2 rings (SSSR count). The van der Waals surface area contributed by atoms with Gasteiger partial charge in [0.25, 0.3) is 5.91 Å². The number of nitrogens with zero attached hydrogens (tertiary/aromatic N) is 2. The second kappa shape index (κ2) is 9.23. The van der Waals surface area contributed by atoms with E-state index in [1.807, 2.05) is 19.9 Å².